The molecule has 2 rings (SSSR count). The number of carbonyl (C=O) groups excluding carboxylic acids is 2. The fourth-order valence-corrected chi connectivity index (χ4v) is 3.03. The first-order valence-electron chi connectivity index (χ1n) is 9.82. The molecule has 1 aliphatic heterocycles. The van der Waals surface area contributed by atoms with Crippen molar-refractivity contribution < 1.29 is 73.7 Å². The molecule has 35 heavy (non-hydrogen) atoms. The van der Waals surface area contributed by atoms with Gasteiger partial charge in [0.2, 0.25) is 0 Å². The minimum absolute atomic E-state index is 0. The van der Waals surface area contributed by atoms with Crippen molar-refractivity contribution in [3.8, 4) is 5.75 Å². The summed E-state index contributed by atoms with van der Waals surface area (Å²) in [7, 11) is 1.47. The van der Waals surface area contributed by atoms with E-state index in [9.17, 15) is 19.8 Å². The van der Waals surface area contributed by atoms with Crippen LogP contribution in [0.4, 0.5) is 0 Å². The van der Waals surface area contributed by atoms with Crippen LogP contribution in [0.25, 0.3) is 0 Å². The van der Waals surface area contributed by atoms with Crippen LogP contribution >= 0.6 is 19.8 Å². The predicted octanol–water partition coefficient (Wildman–Crippen LogP) is 2.74. The second-order valence-electron chi connectivity index (χ2n) is 9.68. The molecule has 12 heteroatoms. The summed E-state index contributed by atoms with van der Waals surface area (Å²) in [5.74, 6) is -0.668. The van der Waals surface area contributed by atoms with E-state index in [1.165, 1.54) is 19.2 Å². The third kappa shape index (κ3) is 11.6. The number of amides is 2. The number of fused-ring (bicyclic) bond motifs is 1. The van der Waals surface area contributed by atoms with Crippen LogP contribution in [0.3, 0.4) is 0 Å². The summed E-state index contributed by atoms with van der Waals surface area (Å²) in [6, 6.07) is 3.56. The van der Waals surface area contributed by atoms with Gasteiger partial charge in [0.25, 0.3) is 11.8 Å². The van der Waals surface area contributed by atoms with E-state index in [1.807, 2.05) is 27.7 Å². The average molecular weight is 715 g/mol. The Bertz CT molecular complexity index is 782. The zero-order chi connectivity index (χ0) is 23.6. The van der Waals surface area contributed by atoms with Gasteiger partial charge in [-0.3, -0.25) is 14.5 Å². The molecule has 0 spiro atoms. The van der Waals surface area contributed by atoms with Crippen LogP contribution in [0.2, 0.25) is 0 Å². The molecule has 0 fully saturated rings. The molecule has 2 radical (unpaired) electrons. The molecule has 1 aromatic rings. The van der Waals surface area contributed by atoms with Gasteiger partial charge in [0.1, 0.15) is 5.75 Å². The third-order valence-corrected chi connectivity index (χ3v) is 5.39. The van der Waals surface area contributed by atoms with E-state index in [0.717, 1.165) is 4.90 Å². The van der Waals surface area contributed by atoms with Crippen molar-refractivity contribution >= 4 is 31.6 Å². The van der Waals surface area contributed by atoms with Crippen molar-refractivity contribution in [2.75, 3.05) is 7.11 Å². The molecule has 2 amide bonds. The number of rotatable bonds is 4. The van der Waals surface area contributed by atoms with E-state index in [1.54, 1.807) is 26.8 Å². The van der Waals surface area contributed by atoms with E-state index in [0.29, 0.717) is 5.75 Å². The summed E-state index contributed by atoms with van der Waals surface area (Å²) >= 11 is 0. The number of imide groups is 1. The van der Waals surface area contributed by atoms with Crippen molar-refractivity contribution in [1.82, 2.24) is 4.90 Å². The standard InChI is InChI=1S/C15H19NO5.C7H16O2.CH4.2H3P.2Rh/c1-15(2,3)11(14(19)20)16-12(17)9-6-5-8(21-4)7-10(9)13(16)18;1-5(6(8)9)7(2,3)4;;;;;/h5-7,11,14,19-20H,1-4H3;5-6,8-9H,1-4H3;1H4;2*1H3;;/t11-;5-;;;;;/m11...../s1. The molecule has 1 heterocycles. The summed E-state index contributed by atoms with van der Waals surface area (Å²) < 4.78 is 5.05. The number of ether oxygens (including phenoxy) is 1. The Hall–Kier alpha value is 0.107. The van der Waals surface area contributed by atoms with Gasteiger partial charge < -0.3 is 25.2 Å². The van der Waals surface area contributed by atoms with Crippen LogP contribution in [0.15, 0.2) is 18.2 Å². The quantitative estimate of drug-likeness (QED) is 0.164. The van der Waals surface area contributed by atoms with E-state index in [4.69, 9.17) is 14.9 Å². The molecule has 0 saturated carbocycles. The number of hydrogen-bond donors (Lipinski definition) is 4. The minimum atomic E-state index is -1.81. The monoisotopic (exact) mass is 715 g/mol. The van der Waals surface area contributed by atoms with Gasteiger partial charge in [0, 0.05) is 44.9 Å². The van der Waals surface area contributed by atoms with Crippen molar-refractivity contribution in [3.05, 3.63) is 29.3 Å². The number of carbonyl (C=O) groups is 2. The summed E-state index contributed by atoms with van der Waals surface area (Å²) in [5.41, 5.74) is -0.232. The van der Waals surface area contributed by atoms with Gasteiger partial charge in [0.15, 0.2) is 12.6 Å². The normalized spacial score (nSPS) is 14.1. The van der Waals surface area contributed by atoms with Crippen LogP contribution in [-0.2, 0) is 39.0 Å². The van der Waals surface area contributed by atoms with Gasteiger partial charge in [-0.2, -0.15) is 19.8 Å². The maximum absolute atomic E-state index is 12.5. The summed E-state index contributed by atoms with van der Waals surface area (Å²) in [6.45, 7) is 13.0. The van der Waals surface area contributed by atoms with Gasteiger partial charge in [-0.25, -0.2) is 0 Å². The van der Waals surface area contributed by atoms with Crippen molar-refractivity contribution in [2.24, 2.45) is 16.7 Å². The van der Waals surface area contributed by atoms with E-state index < -0.39 is 35.9 Å². The summed E-state index contributed by atoms with van der Waals surface area (Å²) in [6.07, 6.45) is -3.00. The number of aliphatic hydroxyl groups excluding tert-OH is 2. The second-order valence-corrected chi connectivity index (χ2v) is 9.68. The van der Waals surface area contributed by atoms with Crippen LogP contribution in [-0.4, -0.2) is 62.9 Å². The van der Waals surface area contributed by atoms with Crippen LogP contribution in [0, 0.1) is 16.7 Å². The van der Waals surface area contributed by atoms with Crippen LogP contribution in [0.1, 0.15) is 76.6 Å². The number of hydrogen-bond acceptors (Lipinski definition) is 7. The van der Waals surface area contributed by atoms with Crippen molar-refractivity contribution in [1.29, 1.82) is 0 Å². The predicted molar refractivity (Wildman–Crippen MR) is 141 cm³/mol. The topological polar surface area (TPSA) is 128 Å². The fourth-order valence-electron chi connectivity index (χ4n) is 3.03. The first-order valence-corrected chi connectivity index (χ1v) is 9.82. The molecule has 0 aliphatic carbocycles. The smallest absolute Gasteiger partial charge is 0.262 e. The molecular formula is C23H45NO7P2Rh2. The molecule has 0 bridgehead atoms. The van der Waals surface area contributed by atoms with Crippen LogP contribution < -0.4 is 4.74 Å². The van der Waals surface area contributed by atoms with E-state index in [2.05, 4.69) is 0 Å². The van der Waals surface area contributed by atoms with E-state index >= 15 is 0 Å². The first kappa shape index (κ1) is 45.1. The Morgan fingerprint density at radius 1 is 0.800 bits per heavy atom. The Morgan fingerprint density at radius 2 is 1.23 bits per heavy atom. The van der Waals surface area contributed by atoms with Gasteiger partial charge in [-0.15, -0.1) is 0 Å². The zero-order valence-electron chi connectivity index (χ0n) is 21.1. The molecular weight excluding hydrogens is 670 g/mol. The molecule has 8 nitrogen and oxygen atoms in total. The molecule has 212 valence electrons. The third-order valence-electron chi connectivity index (χ3n) is 5.39. The summed E-state index contributed by atoms with van der Waals surface area (Å²) in [5, 5.41) is 36.6. The largest absolute Gasteiger partial charge is 0.497 e. The fraction of sp³-hybridized carbons (Fsp3) is 0.652. The van der Waals surface area contributed by atoms with Gasteiger partial charge in [-0.1, -0.05) is 55.9 Å². The molecule has 2 unspecified atom stereocenters. The van der Waals surface area contributed by atoms with Crippen molar-refractivity contribution in [3.63, 3.8) is 0 Å². The number of benzene rings is 1. The maximum Gasteiger partial charge on any atom is 0.262 e. The van der Waals surface area contributed by atoms with Crippen LogP contribution in [0.5, 0.6) is 5.75 Å². The molecule has 4 N–H and O–H groups in total. The molecule has 4 atom stereocenters. The second kappa shape index (κ2) is 17.6. The van der Waals surface area contributed by atoms with Crippen molar-refractivity contribution in [2.45, 2.75) is 74.5 Å². The molecule has 0 aromatic heterocycles. The Balaban J connectivity index is -0.000000188. The summed E-state index contributed by atoms with van der Waals surface area (Å²) in [4.78, 5) is 25.9. The Morgan fingerprint density at radius 3 is 1.51 bits per heavy atom. The molecule has 1 aliphatic rings. The van der Waals surface area contributed by atoms with Gasteiger partial charge in [-0.05, 0) is 29.0 Å². The SMILES string of the molecule is C.COc1ccc2c(c1)C(=O)N([C@H](C(O)O)C(C)(C)C)C2=O.C[C@H](C(O)O)C(C)(C)C.P.P.[Rh].[Rh]. The minimum Gasteiger partial charge on any atom is -0.497 e. The molecule has 1 aromatic carbocycles. The Labute approximate surface area is 242 Å². The first-order chi connectivity index (χ1) is 13.5. The van der Waals surface area contributed by atoms with Gasteiger partial charge >= 0.3 is 0 Å². The van der Waals surface area contributed by atoms with E-state index in [-0.39, 0.29) is 88.6 Å². The number of methoxy groups -OCH3 is 1. The Kier molecular flexibility index (Phi) is 22.6. The average Bonchev–Trinajstić information content (AvgIpc) is 2.84. The number of aliphatic hydroxyl groups is 4. The zero-order valence-corrected chi connectivity index (χ0v) is 27.2. The van der Waals surface area contributed by atoms with Gasteiger partial charge in [0.05, 0.1) is 24.3 Å². The maximum atomic E-state index is 12.5. The number of nitrogens with zero attached hydrogens (tertiary/aromatic N) is 1. The molecule has 0 saturated heterocycles.